The van der Waals surface area contributed by atoms with Gasteiger partial charge in [-0.05, 0) is 12.0 Å². The Kier molecular flexibility index (Phi) is 3.23. The first kappa shape index (κ1) is 9.96. The largest absolute Gasteiger partial charge is 0.363 e. The predicted molar refractivity (Wildman–Crippen MR) is 54.9 cm³/mol. The average Bonchev–Trinajstić information content (AvgIpc) is 2.03. The molecule has 0 saturated carbocycles. The zero-order valence-electron chi connectivity index (χ0n) is 8.78. The second-order valence-corrected chi connectivity index (χ2v) is 3.82. The third-order valence-electron chi connectivity index (χ3n) is 1.74. The number of rotatable bonds is 3. The van der Waals surface area contributed by atoms with Crippen LogP contribution in [0.5, 0.6) is 0 Å². The van der Waals surface area contributed by atoms with Crippen molar-refractivity contribution in [1.82, 2.24) is 9.97 Å². The van der Waals surface area contributed by atoms with Gasteiger partial charge in [0.05, 0.1) is 0 Å². The maximum atomic E-state index is 4.43. The van der Waals surface area contributed by atoms with Crippen LogP contribution in [0.1, 0.15) is 19.7 Å². The van der Waals surface area contributed by atoms with E-state index < -0.39 is 0 Å². The zero-order chi connectivity index (χ0) is 9.84. The van der Waals surface area contributed by atoms with Crippen LogP contribution in [0, 0.1) is 5.92 Å². The fraction of sp³-hybridized carbons (Fsp3) is 0.600. The summed E-state index contributed by atoms with van der Waals surface area (Å²) in [6.07, 6.45) is 2.77. The molecule has 0 spiro atoms. The molecule has 13 heavy (non-hydrogen) atoms. The molecule has 72 valence electrons. The van der Waals surface area contributed by atoms with Gasteiger partial charge in [-0.3, -0.25) is 0 Å². The van der Waals surface area contributed by atoms with E-state index in [9.17, 15) is 0 Å². The molecule has 0 amide bonds. The summed E-state index contributed by atoms with van der Waals surface area (Å²) in [5, 5.41) is 0. The summed E-state index contributed by atoms with van der Waals surface area (Å²) < 4.78 is 0. The number of aromatic nitrogens is 2. The van der Waals surface area contributed by atoms with Crippen LogP contribution < -0.4 is 4.90 Å². The van der Waals surface area contributed by atoms with E-state index in [1.54, 1.807) is 0 Å². The summed E-state index contributed by atoms with van der Waals surface area (Å²) in [5.41, 5.74) is 0. The van der Waals surface area contributed by atoms with E-state index in [1.165, 1.54) is 0 Å². The Morgan fingerprint density at radius 3 is 2.62 bits per heavy atom. The summed E-state index contributed by atoms with van der Waals surface area (Å²) in [5.74, 6) is 2.52. The summed E-state index contributed by atoms with van der Waals surface area (Å²) >= 11 is 0. The Hall–Kier alpha value is -1.12. The standard InChI is InChI=1S/C10H17N3/c1-8(2)7-9-11-6-5-10(12-9)13(3)4/h5-6,8H,7H2,1-4H3. The number of anilines is 1. The molecule has 0 N–H and O–H groups in total. The van der Waals surface area contributed by atoms with Crippen LogP contribution in [0.25, 0.3) is 0 Å². The molecular formula is C10H17N3. The third-order valence-corrected chi connectivity index (χ3v) is 1.74. The van der Waals surface area contributed by atoms with Gasteiger partial charge in [0, 0.05) is 26.7 Å². The zero-order valence-corrected chi connectivity index (χ0v) is 8.78. The highest BCUT2D eigenvalue weighted by molar-refractivity contribution is 5.34. The van der Waals surface area contributed by atoms with Gasteiger partial charge in [-0.15, -0.1) is 0 Å². The van der Waals surface area contributed by atoms with E-state index in [1.807, 2.05) is 31.3 Å². The first-order valence-electron chi connectivity index (χ1n) is 4.59. The van der Waals surface area contributed by atoms with Gasteiger partial charge in [-0.2, -0.15) is 0 Å². The summed E-state index contributed by atoms with van der Waals surface area (Å²) in [6.45, 7) is 4.34. The molecular weight excluding hydrogens is 162 g/mol. The lowest BCUT2D eigenvalue weighted by molar-refractivity contribution is 0.620. The second-order valence-electron chi connectivity index (χ2n) is 3.82. The average molecular weight is 179 g/mol. The Balaban J connectivity index is 2.79. The van der Waals surface area contributed by atoms with E-state index in [0.717, 1.165) is 18.1 Å². The number of nitrogens with zero attached hydrogens (tertiary/aromatic N) is 3. The van der Waals surface area contributed by atoms with Crippen molar-refractivity contribution in [1.29, 1.82) is 0 Å². The van der Waals surface area contributed by atoms with Gasteiger partial charge in [0.15, 0.2) is 0 Å². The van der Waals surface area contributed by atoms with Crippen molar-refractivity contribution in [2.45, 2.75) is 20.3 Å². The van der Waals surface area contributed by atoms with Crippen molar-refractivity contribution in [3.05, 3.63) is 18.1 Å². The van der Waals surface area contributed by atoms with E-state index in [4.69, 9.17) is 0 Å². The Morgan fingerprint density at radius 2 is 2.08 bits per heavy atom. The van der Waals surface area contributed by atoms with E-state index >= 15 is 0 Å². The van der Waals surface area contributed by atoms with Gasteiger partial charge >= 0.3 is 0 Å². The first-order valence-corrected chi connectivity index (χ1v) is 4.59. The van der Waals surface area contributed by atoms with E-state index in [-0.39, 0.29) is 0 Å². The van der Waals surface area contributed by atoms with Crippen LogP contribution in [0.2, 0.25) is 0 Å². The third kappa shape index (κ3) is 3.01. The van der Waals surface area contributed by atoms with Gasteiger partial charge < -0.3 is 4.90 Å². The molecule has 0 aliphatic heterocycles. The van der Waals surface area contributed by atoms with Crippen molar-refractivity contribution in [2.75, 3.05) is 19.0 Å². The van der Waals surface area contributed by atoms with Crippen LogP contribution in [0.4, 0.5) is 5.82 Å². The Labute approximate surface area is 79.8 Å². The molecule has 0 unspecified atom stereocenters. The van der Waals surface area contributed by atoms with Gasteiger partial charge in [0.25, 0.3) is 0 Å². The van der Waals surface area contributed by atoms with Crippen LogP contribution in [0.15, 0.2) is 12.3 Å². The minimum Gasteiger partial charge on any atom is -0.363 e. The molecule has 0 radical (unpaired) electrons. The molecule has 0 aromatic carbocycles. The highest BCUT2D eigenvalue weighted by Crippen LogP contribution is 2.08. The topological polar surface area (TPSA) is 29.0 Å². The predicted octanol–water partition coefficient (Wildman–Crippen LogP) is 1.74. The molecule has 0 aliphatic carbocycles. The molecule has 0 aliphatic rings. The molecule has 1 aromatic heterocycles. The van der Waals surface area contributed by atoms with Crippen LogP contribution >= 0.6 is 0 Å². The molecule has 0 bridgehead atoms. The summed E-state index contributed by atoms with van der Waals surface area (Å²) in [6, 6.07) is 1.92. The van der Waals surface area contributed by atoms with Crippen LogP contribution in [0.3, 0.4) is 0 Å². The minimum atomic E-state index is 0.609. The minimum absolute atomic E-state index is 0.609. The Morgan fingerprint density at radius 1 is 1.38 bits per heavy atom. The van der Waals surface area contributed by atoms with Crippen molar-refractivity contribution in [3.8, 4) is 0 Å². The van der Waals surface area contributed by atoms with Crippen LogP contribution in [-0.2, 0) is 6.42 Å². The monoisotopic (exact) mass is 179 g/mol. The van der Waals surface area contributed by atoms with E-state index in [2.05, 4.69) is 23.8 Å². The van der Waals surface area contributed by atoms with Gasteiger partial charge in [0.2, 0.25) is 0 Å². The summed E-state index contributed by atoms with van der Waals surface area (Å²) in [7, 11) is 3.98. The highest BCUT2D eigenvalue weighted by Gasteiger charge is 2.02. The molecule has 3 nitrogen and oxygen atoms in total. The maximum Gasteiger partial charge on any atom is 0.131 e. The highest BCUT2D eigenvalue weighted by atomic mass is 15.1. The molecule has 1 heterocycles. The lowest BCUT2D eigenvalue weighted by atomic mass is 10.1. The normalized spacial score (nSPS) is 10.5. The van der Waals surface area contributed by atoms with Gasteiger partial charge in [-0.25, -0.2) is 9.97 Å². The molecule has 0 saturated heterocycles. The molecule has 1 aromatic rings. The van der Waals surface area contributed by atoms with Crippen molar-refractivity contribution < 1.29 is 0 Å². The number of hydrogen-bond acceptors (Lipinski definition) is 3. The molecule has 3 heteroatoms. The first-order chi connectivity index (χ1) is 6.09. The lowest BCUT2D eigenvalue weighted by Crippen LogP contribution is -2.12. The molecule has 0 atom stereocenters. The summed E-state index contributed by atoms with van der Waals surface area (Å²) in [4.78, 5) is 10.6. The second kappa shape index (κ2) is 4.21. The lowest BCUT2D eigenvalue weighted by Gasteiger charge is -2.12. The van der Waals surface area contributed by atoms with Crippen molar-refractivity contribution >= 4 is 5.82 Å². The van der Waals surface area contributed by atoms with Crippen molar-refractivity contribution in [2.24, 2.45) is 5.92 Å². The Bertz CT molecular complexity index is 269. The molecule has 0 fully saturated rings. The van der Waals surface area contributed by atoms with Gasteiger partial charge in [0.1, 0.15) is 11.6 Å². The van der Waals surface area contributed by atoms with Crippen LogP contribution in [-0.4, -0.2) is 24.1 Å². The molecule has 1 rings (SSSR count). The fourth-order valence-electron chi connectivity index (χ4n) is 1.10. The van der Waals surface area contributed by atoms with Gasteiger partial charge in [-0.1, -0.05) is 13.8 Å². The van der Waals surface area contributed by atoms with Crippen molar-refractivity contribution in [3.63, 3.8) is 0 Å². The van der Waals surface area contributed by atoms with E-state index in [0.29, 0.717) is 5.92 Å². The SMILES string of the molecule is CC(C)Cc1nccc(N(C)C)n1. The fourth-order valence-corrected chi connectivity index (χ4v) is 1.10. The smallest absolute Gasteiger partial charge is 0.131 e. The quantitative estimate of drug-likeness (QED) is 0.707. The number of hydrogen-bond donors (Lipinski definition) is 0. The maximum absolute atomic E-state index is 4.43.